The third-order valence-electron chi connectivity index (χ3n) is 4.01. The van der Waals surface area contributed by atoms with Crippen molar-refractivity contribution >= 4 is 22.5 Å². The Morgan fingerprint density at radius 2 is 2.09 bits per heavy atom. The van der Waals surface area contributed by atoms with Gasteiger partial charge in [0, 0.05) is 42.8 Å². The van der Waals surface area contributed by atoms with Crippen molar-refractivity contribution in [3.8, 4) is 0 Å². The maximum absolute atomic E-state index is 12.2. The molecule has 1 amide bonds. The van der Waals surface area contributed by atoms with E-state index in [1.807, 2.05) is 31.3 Å². The zero-order valence-corrected chi connectivity index (χ0v) is 13.2. The van der Waals surface area contributed by atoms with Crippen LogP contribution in [-0.4, -0.2) is 15.5 Å². The Bertz CT molecular complexity index is 921. The van der Waals surface area contributed by atoms with Gasteiger partial charge in [0.1, 0.15) is 0 Å². The van der Waals surface area contributed by atoms with Crippen LogP contribution in [0.4, 0.5) is 5.69 Å². The van der Waals surface area contributed by atoms with E-state index in [4.69, 9.17) is 0 Å². The summed E-state index contributed by atoms with van der Waals surface area (Å²) in [6, 6.07) is 9.57. The van der Waals surface area contributed by atoms with E-state index in [9.17, 15) is 9.59 Å². The molecule has 5 heteroatoms. The van der Waals surface area contributed by atoms with Gasteiger partial charge < -0.3 is 14.9 Å². The van der Waals surface area contributed by atoms with Crippen LogP contribution in [0, 0.1) is 6.92 Å². The minimum atomic E-state index is -0.0840. The number of hydrogen-bond donors (Lipinski definition) is 2. The monoisotopic (exact) mass is 309 g/mol. The summed E-state index contributed by atoms with van der Waals surface area (Å²) in [6.45, 7) is 1.82. The molecule has 0 aliphatic carbocycles. The molecule has 1 aromatic carbocycles. The molecule has 5 nitrogen and oxygen atoms in total. The zero-order valence-electron chi connectivity index (χ0n) is 13.2. The fourth-order valence-corrected chi connectivity index (χ4v) is 2.65. The first kappa shape index (κ1) is 15.1. The Morgan fingerprint density at radius 1 is 1.30 bits per heavy atom. The lowest BCUT2D eigenvalue weighted by Gasteiger charge is -2.09. The Labute approximate surface area is 134 Å². The summed E-state index contributed by atoms with van der Waals surface area (Å²) in [5, 5.41) is 4.03. The van der Waals surface area contributed by atoms with Crippen LogP contribution in [0.3, 0.4) is 0 Å². The van der Waals surface area contributed by atoms with Crippen molar-refractivity contribution in [3.63, 3.8) is 0 Å². The molecule has 0 aliphatic heterocycles. The number of benzene rings is 1. The number of para-hydroxylation sites is 1. The van der Waals surface area contributed by atoms with Crippen molar-refractivity contribution in [2.75, 3.05) is 5.32 Å². The number of amides is 1. The summed E-state index contributed by atoms with van der Waals surface area (Å²) >= 11 is 0. The molecule has 0 saturated heterocycles. The second-order valence-electron chi connectivity index (χ2n) is 5.73. The Morgan fingerprint density at radius 3 is 2.91 bits per heavy atom. The predicted octanol–water partition coefficient (Wildman–Crippen LogP) is 2.75. The maximum atomic E-state index is 12.2. The first-order valence-electron chi connectivity index (χ1n) is 7.57. The lowest BCUT2D eigenvalue weighted by atomic mass is 10.1. The van der Waals surface area contributed by atoms with E-state index in [0.29, 0.717) is 18.5 Å². The number of H-pyrrole nitrogens is 1. The zero-order chi connectivity index (χ0) is 16.4. The van der Waals surface area contributed by atoms with E-state index in [-0.39, 0.29) is 11.5 Å². The van der Waals surface area contributed by atoms with Crippen molar-refractivity contribution in [3.05, 3.63) is 64.2 Å². The van der Waals surface area contributed by atoms with Gasteiger partial charge in [0.05, 0.1) is 5.69 Å². The van der Waals surface area contributed by atoms with Crippen LogP contribution in [0.25, 0.3) is 10.9 Å². The van der Waals surface area contributed by atoms with E-state index >= 15 is 0 Å². The van der Waals surface area contributed by atoms with E-state index in [2.05, 4.69) is 16.4 Å². The van der Waals surface area contributed by atoms with Crippen LogP contribution in [0.5, 0.6) is 0 Å². The number of aryl methyl sites for hydroxylation is 3. The summed E-state index contributed by atoms with van der Waals surface area (Å²) in [5.41, 5.74) is 3.58. The van der Waals surface area contributed by atoms with Gasteiger partial charge in [0.2, 0.25) is 5.91 Å². The summed E-state index contributed by atoms with van der Waals surface area (Å²) < 4.78 is 1.46. The lowest BCUT2D eigenvalue weighted by Crippen LogP contribution is -2.19. The van der Waals surface area contributed by atoms with Crippen molar-refractivity contribution < 1.29 is 4.79 Å². The number of nitrogens with zero attached hydrogens (tertiary/aromatic N) is 1. The van der Waals surface area contributed by atoms with Crippen molar-refractivity contribution in [1.29, 1.82) is 0 Å². The summed E-state index contributed by atoms with van der Waals surface area (Å²) in [6.07, 6.45) is 4.67. The lowest BCUT2D eigenvalue weighted by molar-refractivity contribution is -0.116. The molecule has 0 bridgehead atoms. The standard InChI is InChI=1S/C18H19N3O2/c1-12-9-18(23)21(2)11-16(12)20-17(22)8-7-13-10-19-15-6-4-3-5-14(13)15/h3-6,9-11,19H,7-8H2,1-2H3,(H,20,22). The average molecular weight is 309 g/mol. The molecule has 0 unspecified atom stereocenters. The van der Waals surface area contributed by atoms with Crippen LogP contribution in [0.1, 0.15) is 17.5 Å². The largest absolute Gasteiger partial charge is 0.361 e. The summed E-state index contributed by atoms with van der Waals surface area (Å²) in [4.78, 5) is 26.9. The van der Waals surface area contributed by atoms with Gasteiger partial charge in [-0.25, -0.2) is 0 Å². The molecule has 3 rings (SSSR count). The highest BCUT2D eigenvalue weighted by atomic mass is 16.1. The Kier molecular flexibility index (Phi) is 4.02. The van der Waals surface area contributed by atoms with Gasteiger partial charge in [-0.1, -0.05) is 18.2 Å². The quantitative estimate of drug-likeness (QED) is 0.778. The molecule has 2 aromatic heterocycles. The van der Waals surface area contributed by atoms with Gasteiger partial charge in [0.25, 0.3) is 5.56 Å². The van der Waals surface area contributed by atoms with Gasteiger partial charge >= 0.3 is 0 Å². The van der Waals surface area contributed by atoms with Crippen LogP contribution < -0.4 is 10.9 Å². The van der Waals surface area contributed by atoms with E-state index in [1.54, 1.807) is 13.2 Å². The number of hydrogen-bond acceptors (Lipinski definition) is 2. The maximum Gasteiger partial charge on any atom is 0.250 e. The van der Waals surface area contributed by atoms with Gasteiger partial charge in [0.15, 0.2) is 0 Å². The molecule has 0 aliphatic rings. The number of nitrogens with one attached hydrogen (secondary N) is 2. The highest BCUT2D eigenvalue weighted by Gasteiger charge is 2.09. The van der Waals surface area contributed by atoms with Crippen LogP contribution in [0.2, 0.25) is 0 Å². The second kappa shape index (κ2) is 6.12. The molecule has 0 radical (unpaired) electrons. The molecule has 0 atom stereocenters. The van der Waals surface area contributed by atoms with Crippen LogP contribution in [-0.2, 0) is 18.3 Å². The number of rotatable bonds is 4. The number of carbonyl (C=O) groups is 1. The third-order valence-corrected chi connectivity index (χ3v) is 4.01. The Hall–Kier alpha value is -2.82. The third kappa shape index (κ3) is 3.18. The predicted molar refractivity (Wildman–Crippen MR) is 91.7 cm³/mol. The molecule has 2 N–H and O–H groups in total. The summed E-state index contributed by atoms with van der Waals surface area (Å²) in [5.74, 6) is -0.0583. The van der Waals surface area contributed by atoms with Crippen LogP contribution >= 0.6 is 0 Å². The molecule has 0 fully saturated rings. The van der Waals surface area contributed by atoms with Crippen molar-refractivity contribution in [1.82, 2.24) is 9.55 Å². The van der Waals surface area contributed by atoms with Crippen molar-refractivity contribution in [2.45, 2.75) is 19.8 Å². The summed E-state index contributed by atoms with van der Waals surface area (Å²) in [7, 11) is 1.67. The fourth-order valence-electron chi connectivity index (χ4n) is 2.65. The minimum absolute atomic E-state index is 0.0583. The Balaban J connectivity index is 1.68. The highest BCUT2D eigenvalue weighted by molar-refractivity contribution is 5.92. The number of anilines is 1. The van der Waals surface area contributed by atoms with Gasteiger partial charge in [-0.15, -0.1) is 0 Å². The number of pyridine rings is 1. The number of aromatic amines is 1. The molecule has 118 valence electrons. The fraction of sp³-hybridized carbons (Fsp3) is 0.222. The normalized spacial score (nSPS) is 10.9. The van der Waals surface area contributed by atoms with Gasteiger partial charge in [-0.2, -0.15) is 0 Å². The number of aromatic nitrogens is 2. The first-order chi connectivity index (χ1) is 11.0. The second-order valence-corrected chi connectivity index (χ2v) is 5.73. The molecule has 2 heterocycles. The van der Waals surface area contributed by atoms with E-state index < -0.39 is 0 Å². The number of fused-ring (bicyclic) bond motifs is 1. The molecule has 3 aromatic rings. The smallest absolute Gasteiger partial charge is 0.250 e. The molecule has 0 spiro atoms. The van der Waals surface area contributed by atoms with Gasteiger partial charge in [-0.05, 0) is 30.5 Å². The average Bonchev–Trinajstić information content (AvgIpc) is 2.94. The SMILES string of the molecule is Cc1cc(=O)n(C)cc1NC(=O)CCc1c[nH]c2ccccc12. The molecule has 0 saturated carbocycles. The van der Waals surface area contributed by atoms with E-state index in [1.165, 1.54) is 10.6 Å². The van der Waals surface area contributed by atoms with Gasteiger partial charge in [-0.3, -0.25) is 9.59 Å². The highest BCUT2D eigenvalue weighted by Crippen LogP contribution is 2.19. The van der Waals surface area contributed by atoms with Crippen LogP contribution in [0.15, 0.2) is 47.5 Å². The molecular weight excluding hydrogens is 290 g/mol. The molecule has 23 heavy (non-hydrogen) atoms. The van der Waals surface area contributed by atoms with Crippen molar-refractivity contribution in [2.24, 2.45) is 7.05 Å². The minimum Gasteiger partial charge on any atom is -0.361 e. The first-order valence-corrected chi connectivity index (χ1v) is 7.57. The number of carbonyl (C=O) groups excluding carboxylic acids is 1. The topological polar surface area (TPSA) is 66.9 Å². The van der Waals surface area contributed by atoms with E-state index in [0.717, 1.165) is 22.0 Å². The molecular formula is C18H19N3O2.